The summed E-state index contributed by atoms with van der Waals surface area (Å²) >= 11 is 0. The van der Waals surface area contributed by atoms with Crippen molar-refractivity contribution in [2.75, 3.05) is 4.90 Å². The standard InChI is InChI=1S/C52H36N2/c1-3-16-37(17-4-1)38-32-34-42(35-33-38)53(43-23-13-20-40(36-43)45-27-14-19-39-18-7-8-24-44(39)45)49-29-11-9-25-46(49)47-28-15-31-51-52(47)48-26-10-12-30-50(48)54(51)41-21-5-2-6-22-41/h1-36H/i2D,5D,6D,21D,22D. The highest BCUT2D eigenvalue weighted by atomic mass is 15.1. The lowest BCUT2D eigenvalue weighted by Gasteiger charge is -2.29. The lowest BCUT2D eigenvalue weighted by atomic mass is 9.95. The van der Waals surface area contributed by atoms with Crippen LogP contribution in [0.25, 0.3) is 71.6 Å². The Balaban J connectivity index is 1.22. The number of fused-ring (bicyclic) bond motifs is 4. The quantitative estimate of drug-likeness (QED) is 0.161. The fourth-order valence-electron chi connectivity index (χ4n) is 7.89. The predicted octanol–water partition coefficient (Wildman–Crippen LogP) is 14.4. The van der Waals surface area contributed by atoms with Crippen molar-refractivity contribution in [3.8, 4) is 39.1 Å². The first-order valence-corrected chi connectivity index (χ1v) is 18.1. The van der Waals surface area contributed by atoms with Crippen LogP contribution in [0.2, 0.25) is 0 Å². The molecule has 2 nitrogen and oxygen atoms in total. The third-order valence-electron chi connectivity index (χ3n) is 10.3. The van der Waals surface area contributed by atoms with Crippen LogP contribution in [0.5, 0.6) is 0 Å². The SMILES string of the molecule is [2H]c1c([2H])c([2H])c(-n2c3ccccc3c3c(-c4ccccc4N(c4ccc(-c5ccccc5)cc4)c4cccc(-c5cccc6ccccc56)c4)cccc32)c([2H])c1[2H]. The van der Waals surface area contributed by atoms with Crippen LogP contribution in [0.15, 0.2) is 218 Å². The Kier molecular flexibility index (Phi) is 6.61. The van der Waals surface area contributed by atoms with Gasteiger partial charge in [0.15, 0.2) is 0 Å². The molecule has 0 aliphatic heterocycles. The van der Waals surface area contributed by atoms with Gasteiger partial charge in [-0.1, -0.05) is 164 Å². The van der Waals surface area contributed by atoms with E-state index in [4.69, 9.17) is 6.85 Å². The zero-order valence-electron chi connectivity index (χ0n) is 34.3. The molecule has 0 fully saturated rings. The van der Waals surface area contributed by atoms with Crippen LogP contribution in [-0.4, -0.2) is 4.57 Å². The Morgan fingerprint density at radius 2 is 1.02 bits per heavy atom. The van der Waals surface area contributed by atoms with Crippen LogP contribution in [0.3, 0.4) is 0 Å². The van der Waals surface area contributed by atoms with E-state index in [2.05, 4.69) is 150 Å². The molecule has 9 aromatic carbocycles. The molecule has 0 saturated heterocycles. The molecule has 0 atom stereocenters. The summed E-state index contributed by atoms with van der Waals surface area (Å²) in [4.78, 5) is 2.31. The molecule has 1 aromatic heterocycles. The van der Waals surface area contributed by atoms with E-state index >= 15 is 0 Å². The van der Waals surface area contributed by atoms with E-state index in [9.17, 15) is 0 Å². The van der Waals surface area contributed by atoms with Crippen LogP contribution in [0.4, 0.5) is 17.1 Å². The lowest BCUT2D eigenvalue weighted by Crippen LogP contribution is -2.11. The molecule has 1 heterocycles. The smallest absolute Gasteiger partial charge is 0.0645 e. The van der Waals surface area contributed by atoms with Crippen molar-refractivity contribution < 1.29 is 6.85 Å². The van der Waals surface area contributed by atoms with E-state index in [1.807, 2.05) is 47.0 Å². The first-order valence-electron chi connectivity index (χ1n) is 20.6. The number of rotatable bonds is 7. The van der Waals surface area contributed by atoms with E-state index in [1.165, 1.54) is 10.8 Å². The summed E-state index contributed by atoms with van der Waals surface area (Å²) in [5, 5.41) is 4.21. The molecule has 10 aromatic rings. The van der Waals surface area contributed by atoms with Crippen molar-refractivity contribution >= 4 is 49.6 Å². The molecular weight excluding hydrogens is 653 g/mol. The maximum Gasteiger partial charge on any atom is 0.0645 e. The van der Waals surface area contributed by atoms with E-state index in [-0.39, 0.29) is 29.9 Å². The number of hydrogen-bond acceptors (Lipinski definition) is 1. The number of anilines is 3. The van der Waals surface area contributed by atoms with Gasteiger partial charge in [0.2, 0.25) is 0 Å². The number of benzene rings is 9. The maximum atomic E-state index is 8.95. The van der Waals surface area contributed by atoms with Crippen LogP contribution >= 0.6 is 0 Å². The van der Waals surface area contributed by atoms with Gasteiger partial charge < -0.3 is 9.47 Å². The molecule has 2 heteroatoms. The van der Waals surface area contributed by atoms with Gasteiger partial charge in [0.25, 0.3) is 0 Å². The monoisotopic (exact) mass is 693 g/mol. The number of para-hydroxylation sites is 3. The van der Waals surface area contributed by atoms with Gasteiger partial charge in [0, 0.05) is 33.4 Å². The molecule has 0 N–H and O–H groups in total. The van der Waals surface area contributed by atoms with Crippen molar-refractivity contribution in [2.45, 2.75) is 0 Å². The third kappa shape index (κ3) is 5.44. The Labute approximate surface area is 322 Å². The van der Waals surface area contributed by atoms with Gasteiger partial charge >= 0.3 is 0 Å². The van der Waals surface area contributed by atoms with Crippen LogP contribution in [0, 0.1) is 0 Å². The summed E-state index contributed by atoms with van der Waals surface area (Å²) in [6.07, 6.45) is 0. The van der Waals surface area contributed by atoms with Gasteiger partial charge in [0.1, 0.15) is 0 Å². The molecule has 0 amide bonds. The summed E-state index contributed by atoms with van der Waals surface area (Å²) < 4.78 is 45.0. The van der Waals surface area contributed by atoms with E-state index in [1.54, 1.807) is 0 Å². The number of nitrogens with zero attached hydrogens (tertiary/aromatic N) is 2. The van der Waals surface area contributed by atoms with Crippen molar-refractivity contribution in [2.24, 2.45) is 0 Å². The predicted molar refractivity (Wildman–Crippen MR) is 229 cm³/mol. The lowest BCUT2D eigenvalue weighted by molar-refractivity contribution is 1.18. The second kappa shape index (κ2) is 13.4. The van der Waals surface area contributed by atoms with Gasteiger partial charge in [-0.05, 0) is 93.1 Å². The molecule has 0 aliphatic rings. The Bertz CT molecular complexity index is 3190. The fraction of sp³-hybridized carbons (Fsp3) is 0. The highest BCUT2D eigenvalue weighted by Gasteiger charge is 2.22. The highest BCUT2D eigenvalue weighted by molar-refractivity contribution is 6.17. The van der Waals surface area contributed by atoms with E-state index in [0.717, 1.165) is 72.2 Å². The van der Waals surface area contributed by atoms with Crippen molar-refractivity contribution in [1.29, 1.82) is 0 Å². The zero-order valence-corrected chi connectivity index (χ0v) is 29.3. The average Bonchev–Trinajstić information content (AvgIpc) is 3.62. The largest absolute Gasteiger partial charge is 0.310 e. The van der Waals surface area contributed by atoms with Crippen molar-refractivity contribution in [3.63, 3.8) is 0 Å². The second-order valence-electron chi connectivity index (χ2n) is 13.4. The molecule has 54 heavy (non-hydrogen) atoms. The molecule has 0 bridgehead atoms. The van der Waals surface area contributed by atoms with Crippen molar-refractivity contribution in [3.05, 3.63) is 218 Å². The molecular formula is C52H36N2. The summed E-state index contributed by atoms with van der Waals surface area (Å²) in [5.74, 6) is 0. The van der Waals surface area contributed by atoms with Gasteiger partial charge in [-0.2, -0.15) is 0 Å². The Morgan fingerprint density at radius 3 is 1.89 bits per heavy atom. The molecule has 0 spiro atoms. The average molecular weight is 694 g/mol. The zero-order chi connectivity index (χ0) is 40.2. The molecule has 10 rings (SSSR count). The highest BCUT2D eigenvalue weighted by Crippen LogP contribution is 2.46. The Hall–Kier alpha value is -7.16. The minimum atomic E-state index is -0.416. The van der Waals surface area contributed by atoms with Crippen LogP contribution in [0.1, 0.15) is 6.85 Å². The Morgan fingerprint density at radius 1 is 0.407 bits per heavy atom. The van der Waals surface area contributed by atoms with E-state index < -0.39 is 6.04 Å². The van der Waals surface area contributed by atoms with Crippen molar-refractivity contribution in [1.82, 2.24) is 4.57 Å². The fourth-order valence-corrected chi connectivity index (χ4v) is 7.89. The minimum absolute atomic E-state index is 0.123. The van der Waals surface area contributed by atoms with Crippen LogP contribution < -0.4 is 4.90 Å². The first kappa shape index (κ1) is 26.6. The molecule has 0 aliphatic carbocycles. The first-order chi connectivity index (χ1) is 28.9. The summed E-state index contributed by atoms with van der Waals surface area (Å²) in [6.45, 7) is 0. The summed E-state index contributed by atoms with van der Waals surface area (Å²) in [7, 11) is 0. The molecule has 254 valence electrons. The van der Waals surface area contributed by atoms with E-state index in [0.29, 0.717) is 0 Å². The summed E-state index contributed by atoms with van der Waals surface area (Å²) in [5.41, 5.74) is 11.0. The van der Waals surface area contributed by atoms with Gasteiger partial charge in [-0.25, -0.2) is 0 Å². The van der Waals surface area contributed by atoms with Gasteiger partial charge in [0.05, 0.1) is 23.6 Å². The topological polar surface area (TPSA) is 8.17 Å². The third-order valence-corrected chi connectivity index (χ3v) is 10.3. The second-order valence-corrected chi connectivity index (χ2v) is 13.4. The molecule has 0 unspecified atom stereocenters. The summed E-state index contributed by atoms with van der Waals surface area (Å²) in [6, 6.07) is 63.4. The normalized spacial score (nSPS) is 12.6. The number of hydrogen-bond donors (Lipinski definition) is 0. The molecule has 0 radical (unpaired) electrons. The molecule has 0 saturated carbocycles. The van der Waals surface area contributed by atoms with Crippen LogP contribution in [-0.2, 0) is 0 Å². The minimum Gasteiger partial charge on any atom is -0.310 e. The maximum absolute atomic E-state index is 8.95. The van der Waals surface area contributed by atoms with Gasteiger partial charge in [-0.15, -0.1) is 0 Å². The number of aromatic nitrogens is 1. The van der Waals surface area contributed by atoms with Gasteiger partial charge in [-0.3, -0.25) is 0 Å².